The highest BCUT2D eigenvalue weighted by atomic mass is 16.6. The first-order chi connectivity index (χ1) is 14.0. The fourth-order valence-corrected chi connectivity index (χ4v) is 4.62. The average Bonchev–Trinajstić information content (AvgIpc) is 3.23. The number of hydrogen-bond acceptors (Lipinski definition) is 6. The Morgan fingerprint density at radius 2 is 2.00 bits per heavy atom. The second-order valence-corrected chi connectivity index (χ2v) is 9.78. The third-order valence-corrected chi connectivity index (χ3v) is 6.34. The minimum atomic E-state index is -0.935. The first-order valence-electron chi connectivity index (χ1n) is 10.7. The van der Waals surface area contributed by atoms with E-state index in [9.17, 15) is 19.2 Å². The lowest BCUT2D eigenvalue weighted by Gasteiger charge is -2.37. The second-order valence-electron chi connectivity index (χ2n) is 9.78. The van der Waals surface area contributed by atoms with Crippen molar-refractivity contribution in [3.05, 3.63) is 0 Å². The molecule has 1 saturated carbocycles. The zero-order chi connectivity index (χ0) is 22.1. The fourth-order valence-electron chi connectivity index (χ4n) is 4.62. The number of hydrogen-bond donors (Lipinski definition) is 2. The van der Waals surface area contributed by atoms with Crippen molar-refractivity contribution in [1.29, 1.82) is 0 Å². The first kappa shape index (κ1) is 22.4. The van der Waals surface area contributed by atoms with Gasteiger partial charge in [0.05, 0.1) is 7.11 Å². The highest BCUT2D eigenvalue weighted by Crippen LogP contribution is 2.50. The molecule has 3 rings (SSSR count). The van der Waals surface area contributed by atoms with Gasteiger partial charge in [0.1, 0.15) is 17.7 Å². The lowest BCUT2D eigenvalue weighted by molar-refractivity contribution is -0.146. The van der Waals surface area contributed by atoms with Crippen molar-refractivity contribution in [3.8, 4) is 0 Å². The predicted octanol–water partition coefficient (Wildman–Crippen LogP) is 1.35. The summed E-state index contributed by atoms with van der Waals surface area (Å²) in [5.74, 6) is -1.47. The molecule has 0 radical (unpaired) electrons. The summed E-state index contributed by atoms with van der Waals surface area (Å²) in [5, 5.41) is 5.48. The van der Waals surface area contributed by atoms with E-state index in [1.54, 1.807) is 20.8 Å². The van der Waals surface area contributed by atoms with Gasteiger partial charge in [-0.1, -0.05) is 6.42 Å². The van der Waals surface area contributed by atoms with Crippen LogP contribution in [0.1, 0.15) is 59.3 Å². The zero-order valence-electron chi connectivity index (χ0n) is 18.3. The van der Waals surface area contributed by atoms with Crippen LogP contribution in [0.5, 0.6) is 0 Å². The maximum absolute atomic E-state index is 13.2. The van der Waals surface area contributed by atoms with Crippen LogP contribution in [0.15, 0.2) is 0 Å². The molecule has 3 unspecified atom stereocenters. The quantitative estimate of drug-likeness (QED) is 0.645. The van der Waals surface area contributed by atoms with E-state index in [0.29, 0.717) is 25.9 Å². The molecule has 2 saturated heterocycles. The molecule has 9 nitrogen and oxygen atoms in total. The Labute approximate surface area is 177 Å². The summed E-state index contributed by atoms with van der Waals surface area (Å²) in [5.41, 5.74) is -0.719. The number of amides is 3. The Balaban J connectivity index is 1.72. The maximum atomic E-state index is 13.2. The van der Waals surface area contributed by atoms with Crippen LogP contribution in [-0.2, 0) is 23.9 Å². The SMILES string of the molecule is COC(=O)C(CC1CCNC1=O)NC(=O)C1CC2(CCC2)CN1C(=O)OC(C)(C)C. The maximum Gasteiger partial charge on any atom is 0.410 e. The number of nitrogens with one attached hydrogen (secondary N) is 2. The molecule has 0 bridgehead atoms. The molecule has 2 N–H and O–H groups in total. The van der Waals surface area contributed by atoms with Gasteiger partial charge in [-0.2, -0.15) is 0 Å². The van der Waals surface area contributed by atoms with Gasteiger partial charge in [0.15, 0.2) is 0 Å². The second kappa shape index (κ2) is 8.43. The third kappa shape index (κ3) is 4.87. The molecule has 168 valence electrons. The number of rotatable bonds is 5. The summed E-state index contributed by atoms with van der Waals surface area (Å²) in [6, 6.07) is -1.64. The number of likely N-dealkylation sites (tertiary alicyclic amines) is 1. The molecular formula is C21H33N3O6. The van der Waals surface area contributed by atoms with E-state index in [0.717, 1.165) is 19.3 Å². The summed E-state index contributed by atoms with van der Waals surface area (Å²) in [6.07, 6.45) is 3.84. The van der Waals surface area contributed by atoms with Gasteiger partial charge in [-0.25, -0.2) is 9.59 Å². The molecule has 3 atom stereocenters. The smallest absolute Gasteiger partial charge is 0.410 e. The van der Waals surface area contributed by atoms with Gasteiger partial charge < -0.3 is 20.1 Å². The van der Waals surface area contributed by atoms with Crippen LogP contribution in [0.2, 0.25) is 0 Å². The molecule has 3 aliphatic rings. The van der Waals surface area contributed by atoms with Crippen LogP contribution in [0.3, 0.4) is 0 Å². The van der Waals surface area contributed by atoms with Crippen LogP contribution in [-0.4, -0.2) is 66.7 Å². The molecule has 9 heteroatoms. The molecule has 2 heterocycles. The minimum Gasteiger partial charge on any atom is -0.467 e. The lowest BCUT2D eigenvalue weighted by Crippen LogP contribution is -2.52. The molecule has 0 aromatic rings. The van der Waals surface area contributed by atoms with Crippen molar-refractivity contribution in [2.45, 2.75) is 77.0 Å². The molecule has 3 amide bonds. The van der Waals surface area contributed by atoms with Gasteiger partial charge in [0, 0.05) is 19.0 Å². The van der Waals surface area contributed by atoms with E-state index < -0.39 is 35.7 Å². The molecule has 2 aliphatic heterocycles. The predicted molar refractivity (Wildman–Crippen MR) is 107 cm³/mol. The Bertz CT molecular complexity index is 712. The Kier molecular flexibility index (Phi) is 6.29. The van der Waals surface area contributed by atoms with Gasteiger partial charge in [-0.15, -0.1) is 0 Å². The zero-order valence-corrected chi connectivity index (χ0v) is 18.3. The molecule has 0 aromatic carbocycles. The number of methoxy groups -OCH3 is 1. The van der Waals surface area contributed by atoms with Crippen LogP contribution in [0.25, 0.3) is 0 Å². The highest BCUT2D eigenvalue weighted by molar-refractivity contribution is 5.91. The van der Waals surface area contributed by atoms with Crippen LogP contribution in [0.4, 0.5) is 4.79 Å². The monoisotopic (exact) mass is 423 g/mol. The molecule has 0 aromatic heterocycles. The van der Waals surface area contributed by atoms with Crippen molar-refractivity contribution >= 4 is 23.9 Å². The standard InChI is InChI=1S/C21H33N3O6/c1-20(2,3)30-19(28)24-12-21(7-5-8-21)11-15(24)17(26)23-14(18(27)29-4)10-13-6-9-22-16(13)25/h13-15H,5-12H2,1-4H3,(H,22,25)(H,23,26). The van der Waals surface area contributed by atoms with Gasteiger partial charge in [-0.05, 0) is 58.3 Å². The minimum absolute atomic E-state index is 0.0506. The van der Waals surface area contributed by atoms with E-state index in [2.05, 4.69) is 10.6 Å². The average molecular weight is 424 g/mol. The highest BCUT2D eigenvalue weighted by Gasteiger charge is 2.52. The van der Waals surface area contributed by atoms with Crippen molar-refractivity contribution < 1.29 is 28.7 Å². The van der Waals surface area contributed by atoms with Gasteiger partial charge in [0.2, 0.25) is 11.8 Å². The van der Waals surface area contributed by atoms with Crippen LogP contribution < -0.4 is 10.6 Å². The Morgan fingerprint density at radius 1 is 1.30 bits per heavy atom. The summed E-state index contributed by atoms with van der Waals surface area (Å²) in [4.78, 5) is 51.7. The van der Waals surface area contributed by atoms with E-state index in [4.69, 9.17) is 9.47 Å². The summed E-state index contributed by atoms with van der Waals surface area (Å²) < 4.78 is 10.4. The van der Waals surface area contributed by atoms with Crippen LogP contribution >= 0.6 is 0 Å². The molecule has 1 spiro atoms. The topological polar surface area (TPSA) is 114 Å². The van der Waals surface area contributed by atoms with Crippen molar-refractivity contribution in [2.75, 3.05) is 20.2 Å². The molecular weight excluding hydrogens is 390 g/mol. The normalized spacial score (nSPS) is 26.0. The number of carbonyl (C=O) groups excluding carboxylic acids is 4. The van der Waals surface area contributed by atoms with Crippen molar-refractivity contribution in [3.63, 3.8) is 0 Å². The summed E-state index contributed by atoms with van der Waals surface area (Å²) in [7, 11) is 1.25. The third-order valence-electron chi connectivity index (χ3n) is 6.34. The first-order valence-corrected chi connectivity index (χ1v) is 10.7. The molecule has 1 aliphatic carbocycles. The molecule has 3 fully saturated rings. The van der Waals surface area contributed by atoms with E-state index in [-0.39, 0.29) is 23.7 Å². The van der Waals surface area contributed by atoms with Gasteiger partial charge >= 0.3 is 12.1 Å². The largest absolute Gasteiger partial charge is 0.467 e. The fraction of sp³-hybridized carbons (Fsp3) is 0.810. The number of ether oxygens (including phenoxy) is 2. The van der Waals surface area contributed by atoms with Crippen LogP contribution in [0, 0.1) is 11.3 Å². The van der Waals surface area contributed by atoms with Gasteiger partial charge in [-0.3, -0.25) is 14.5 Å². The number of nitrogens with zero attached hydrogens (tertiary/aromatic N) is 1. The number of esters is 1. The lowest BCUT2D eigenvalue weighted by atomic mass is 9.67. The van der Waals surface area contributed by atoms with Gasteiger partial charge in [0.25, 0.3) is 0 Å². The van der Waals surface area contributed by atoms with E-state index in [1.165, 1.54) is 12.0 Å². The Hall–Kier alpha value is -2.32. The van der Waals surface area contributed by atoms with E-state index >= 15 is 0 Å². The summed E-state index contributed by atoms with van der Waals surface area (Å²) in [6.45, 7) is 6.40. The summed E-state index contributed by atoms with van der Waals surface area (Å²) >= 11 is 0. The number of carbonyl (C=O) groups is 4. The Morgan fingerprint density at radius 3 is 2.50 bits per heavy atom. The van der Waals surface area contributed by atoms with Crippen molar-refractivity contribution in [1.82, 2.24) is 15.5 Å². The van der Waals surface area contributed by atoms with E-state index in [1.807, 2.05) is 0 Å². The molecule has 30 heavy (non-hydrogen) atoms. The van der Waals surface area contributed by atoms with Crippen molar-refractivity contribution in [2.24, 2.45) is 11.3 Å².